The molecule has 0 amide bonds. The summed E-state index contributed by atoms with van der Waals surface area (Å²) in [5.41, 5.74) is 13.3. The molecule has 1 atom stereocenters. The van der Waals surface area contributed by atoms with Crippen LogP contribution < -0.4 is 4.90 Å². The van der Waals surface area contributed by atoms with E-state index in [1.165, 1.54) is 93.2 Å². The number of hydrogen-bond donors (Lipinski definition) is 0. The number of rotatable bonds is 7. The quantitative estimate of drug-likeness (QED) is 0.146. The summed E-state index contributed by atoms with van der Waals surface area (Å²) in [6, 6.07) is 80.0. The third-order valence-electron chi connectivity index (χ3n) is 12.9. The zero-order chi connectivity index (χ0) is 41.0. The van der Waals surface area contributed by atoms with Crippen LogP contribution >= 0.6 is 0 Å². The Morgan fingerprint density at radius 1 is 0.419 bits per heavy atom. The topological polar surface area (TPSA) is 8.17 Å². The molecule has 2 nitrogen and oxygen atoms in total. The smallest absolute Gasteiger partial charge is 0.0619 e. The summed E-state index contributed by atoms with van der Waals surface area (Å²) in [5.74, 6) is 0. The van der Waals surface area contributed by atoms with Crippen LogP contribution in [0.2, 0.25) is 0 Å². The van der Waals surface area contributed by atoms with Gasteiger partial charge in [0.05, 0.1) is 17.1 Å². The molecule has 0 N–H and O–H groups in total. The van der Waals surface area contributed by atoms with Crippen LogP contribution in [0.15, 0.2) is 237 Å². The fourth-order valence-corrected chi connectivity index (χ4v) is 10.0. The molecule has 0 saturated carbocycles. The van der Waals surface area contributed by atoms with Crippen LogP contribution in [0.4, 0.5) is 11.4 Å². The van der Waals surface area contributed by atoms with Crippen molar-refractivity contribution in [3.63, 3.8) is 0 Å². The van der Waals surface area contributed by atoms with Crippen molar-refractivity contribution in [3.05, 3.63) is 242 Å². The van der Waals surface area contributed by atoms with E-state index in [9.17, 15) is 0 Å². The number of anilines is 2. The average molecular weight is 791 g/mol. The largest absolute Gasteiger partial charge is 0.334 e. The summed E-state index contributed by atoms with van der Waals surface area (Å²) in [7, 11) is 0. The Bertz CT molecular complexity index is 3540. The SMILES string of the molecule is C1=CC(c2cccc3c2c2ccc4ccccc4c2n3-c2ccccc2)=CC(N(c2ccc(-c3ccccc3-c3ccccc3)cc2)c2ccc3c(ccc4ccccc43)c2)C1. The maximum Gasteiger partial charge on any atom is 0.0619 e. The summed E-state index contributed by atoms with van der Waals surface area (Å²) in [6.07, 6.45) is 8.10. The monoisotopic (exact) mass is 790 g/mol. The molecule has 1 heterocycles. The summed E-state index contributed by atoms with van der Waals surface area (Å²) in [5, 5.41) is 10.1. The number of benzene rings is 10. The molecule has 0 aliphatic heterocycles. The molecule has 62 heavy (non-hydrogen) atoms. The number of hydrogen-bond acceptors (Lipinski definition) is 1. The minimum atomic E-state index is 0.0638. The Labute approximate surface area is 361 Å². The minimum absolute atomic E-state index is 0.0638. The van der Waals surface area contributed by atoms with Gasteiger partial charge in [0.25, 0.3) is 0 Å². The maximum absolute atomic E-state index is 2.55. The van der Waals surface area contributed by atoms with E-state index in [-0.39, 0.29) is 6.04 Å². The van der Waals surface area contributed by atoms with Crippen LogP contribution in [0.1, 0.15) is 12.0 Å². The maximum atomic E-state index is 2.55. The lowest BCUT2D eigenvalue weighted by atomic mass is 9.91. The van der Waals surface area contributed by atoms with Crippen molar-refractivity contribution >= 4 is 71.1 Å². The molecule has 1 aromatic heterocycles. The lowest BCUT2D eigenvalue weighted by Gasteiger charge is -2.34. The molecule has 1 aliphatic rings. The Hall–Kier alpha value is -7.94. The first kappa shape index (κ1) is 36.0. The normalized spacial score (nSPS) is 13.9. The highest BCUT2D eigenvalue weighted by atomic mass is 15.2. The van der Waals surface area contributed by atoms with Crippen molar-refractivity contribution in [1.29, 1.82) is 0 Å². The highest BCUT2D eigenvalue weighted by molar-refractivity contribution is 6.21. The van der Waals surface area contributed by atoms with E-state index >= 15 is 0 Å². The second-order valence-corrected chi connectivity index (χ2v) is 16.4. The third kappa shape index (κ3) is 6.03. The van der Waals surface area contributed by atoms with E-state index in [2.05, 4.69) is 246 Å². The van der Waals surface area contributed by atoms with Crippen LogP contribution in [0, 0.1) is 0 Å². The van der Waals surface area contributed by atoms with Crippen LogP contribution in [0.5, 0.6) is 0 Å². The van der Waals surface area contributed by atoms with Crippen LogP contribution in [0.25, 0.3) is 87.6 Å². The van der Waals surface area contributed by atoms with Gasteiger partial charge in [0.1, 0.15) is 0 Å². The van der Waals surface area contributed by atoms with Crippen LogP contribution in [-0.4, -0.2) is 10.6 Å². The second kappa shape index (κ2) is 15.0. The Kier molecular flexibility index (Phi) is 8.67. The molecule has 1 aliphatic carbocycles. The van der Waals surface area contributed by atoms with Gasteiger partial charge in [0.15, 0.2) is 0 Å². The molecule has 2 heteroatoms. The highest BCUT2D eigenvalue weighted by Crippen LogP contribution is 2.43. The molecule has 0 saturated heterocycles. The van der Waals surface area contributed by atoms with Crippen molar-refractivity contribution in [2.24, 2.45) is 0 Å². The zero-order valence-corrected chi connectivity index (χ0v) is 34.2. The van der Waals surface area contributed by atoms with Crippen molar-refractivity contribution in [3.8, 4) is 27.9 Å². The van der Waals surface area contributed by atoms with Gasteiger partial charge < -0.3 is 9.47 Å². The zero-order valence-electron chi connectivity index (χ0n) is 34.2. The van der Waals surface area contributed by atoms with E-state index in [1.807, 2.05) is 0 Å². The fourth-order valence-electron chi connectivity index (χ4n) is 10.0. The minimum Gasteiger partial charge on any atom is -0.334 e. The van der Waals surface area contributed by atoms with Gasteiger partial charge in [0, 0.05) is 33.2 Å². The standard InChI is InChI=1S/C60H42N2/c1-3-15-41(16-4-1)51-24-11-12-25-53(51)44-31-34-48(35-32-44)61(50-36-38-54-46(40-50)30-29-42-17-7-9-23-52(42)54)49-22-13-19-45(39-49)55-27-14-28-58-59(55)57-37-33-43-18-8-10-26-56(43)60(57)62(58)47-20-5-2-6-21-47/h1-21,23-40,49H,22H2. The van der Waals surface area contributed by atoms with E-state index in [4.69, 9.17) is 0 Å². The highest BCUT2D eigenvalue weighted by Gasteiger charge is 2.25. The Morgan fingerprint density at radius 3 is 1.79 bits per heavy atom. The predicted molar refractivity (Wildman–Crippen MR) is 265 cm³/mol. The predicted octanol–water partition coefficient (Wildman–Crippen LogP) is 16.1. The molecule has 292 valence electrons. The van der Waals surface area contributed by atoms with E-state index in [0.29, 0.717) is 0 Å². The van der Waals surface area contributed by atoms with Crippen molar-refractivity contribution in [2.75, 3.05) is 4.90 Å². The van der Waals surface area contributed by atoms with Crippen molar-refractivity contribution in [2.45, 2.75) is 12.5 Å². The van der Waals surface area contributed by atoms with Crippen molar-refractivity contribution in [1.82, 2.24) is 4.57 Å². The lowest BCUT2D eigenvalue weighted by molar-refractivity contribution is 0.788. The van der Waals surface area contributed by atoms with Gasteiger partial charge in [-0.3, -0.25) is 0 Å². The summed E-state index contributed by atoms with van der Waals surface area (Å²) < 4.78 is 2.46. The van der Waals surface area contributed by atoms with Crippen molar-refractivity contribution < 1.29 is 0 Å². The van der Waals surface area contributed by atoms with E-state index in [1.54, 1.807) is 0 Å². The molecule has 1 unspecified atom stereocenters. The molecule has 0 fully saturated rings. The second-order valence-electron chi connectivity index (χ2n) is 16.4. The van der Waals surface area contributed by atoms with Crippen LogP contribution in [-0.2, 0) is 0 Å². The number of allylic oxidation sites excluding steroid dienone is 2. The van der Waals surface area contributed by atoms with Crippen LogP contribution in [0.3, 0.4) is 0 Å². The fraction of sp³-hybridized carbons (Fsp3) is 0.0333. The summed E-state index contributed by atoms with van der Waals surface area (Å²) in [6.45, 7) is 0. The first-order valence-corrected chi connectivity index (χ1v) is 21.6. The summed E-state index contributed by atoms with van der Waals surface area (Å²) >= 11 is 0. The average Bonchev–Trinajstić information content (AvgIpc) is 3.70. The first-order chi connectivity index (χ1) is 30.8. The first-order valence-electron chi connectivity index (χ1n) is 21.6. The number of para-hydroxylation sites is 1. The molecule has 11 aromatic rings. The van der Waals surface area contributed by atoms with Gasteiger partial charge in [-0.25, -0.2) is 0 Å². The number of fused-ring (bicyclic) bond motifs is 8. The molecular weight excluding hydrogens is 749 g/mol. The van der Waals surface area contributed by atoms with E-state index < -0.39 is 0 Å². The third-order valence-corrected chi connectivity index (χ3v) is 12.9. The van der Waals surface area contributed by atoms with Gasteiger partial charge >= 0.3 is 0 Å². The Morgan fingerprint density at radius 2 is 1.00 bits per heavy atom. The van der Waals surface area contributed by atoms with Gasteiger partial charge in [0.2, 0.25) is 0 Å². The number of nitrogens with zero attached hydrogens (tertiary/aromatic N) is 2. The Balaban J connectivity index is 1.02. The summed E-state index contributed by atoms with van der Waals surface area (Å²) in [4.78, 5) is 2.55. The molecule has 0 spiro atoms. The molecule has 10 aromatic carbocycles. The van der Waals surface area contributed by atoms with E-state index in [0.717, 1.165) is 17.8 Å². The molecular formula is C60H42N2. The number of aromatic nitrogens is 1. The van der Waals surface area contributed by atoms with Gasteiger partial charge in [-0.2, -0.15) is 0 Å². The van der Waals surface area contributed by atoms with Gasteiger partial charge in [-0.05, 0) is 109 Å². The van der Waals surface area contributed by atoms with Gasteiger partial charge in [-0.1, -0.05) is 194 Å². The van der Waals surface area contributed by atoms with Gasteiger partial charge in [-0.15, -0.1) is 0 Å². The lowest BCUT2D eigenvalue weighted by Crippen LogP contribution is -2.30. The molecule has 0 radical (unpaired) electrons. The molecule has 12 rings (SSSR count). The molecule has 0 bridgehead atoms.